The van der Waals surface area contributed by atoms with Crippen molar-refractivity contribution in [1.82, 2.24) is 0 Å². The summed E-state index contributed by atoms with van der Waals surface area (Å²) in [5, 5.41) is 18.8. The zero-order chi connectivity index (χ0) is 12.1. The molecule has 0 radical (unpaired) electrons. The molecule has 4 nitrogen and oxygen atoms in total. The van der Waals surface area contributed by atoms with Gasteiger partial charge in [0, 0.05) is 6.54 Å². The first kappa shape index (κ1) is 12.4. The zero-order valence-electron chi connectivity index (χ0n) is 9.55. The van der Waals surface area contributed by atoms with Crippen molar-refractivity contribution in [2.45, 2.75) is 26.3 Å². The molecular weight excluding hydrogens is 206 g/mol. The molecule has 0 bridgehead atoms. The molecule has 0 fully saturated rings. The Bertz CT molecular complexity index is 365. The number of aliphatic carboxylic acids is 1. The van der Waals surface area contributed by atoms with Gasteiger partial charge in [-0.3, -0.25) is 0 Å². The molecule has 0 amide bonds. The fourth-order valence-corrected chi connectivity index (χ4v) is 1.79. The number of hydrogen-bond donors (Lipinski definition) is 2. The average Bonchev–Trinajstić information content (AvgIpc) is 2.26. The molecule has 1 unspecified atom stereocenters. The number of benzene rings is 1. The molecule has 16 heavy (non-hydrogen) atoms. The predicted molar refractivity (Wildman–Crippen MR) is 62.8 cm³/mol. The average molecular weight is 223 g/mol. The number of carboxylic acids is 1. The number of phenolic OH excluding ortho intramolecular Hbond substituents is 1. The van der Waals surface area contributed by atoms with Crippen molar-refractivity contribution >= 4 is 11.7 Å². The first-order valence-electron chi connectivity index (χ1n) is 5.39. The van der Waals surface area contributed by atoms with E-state index in [9.17, 15) is 9.90 Å². The van der Waals surface area contributed by atoms with Crippen LogP contribution in [0.1, 0.15) is 20.3 Å². The largest absolute Gasteiger partial charge is 0.506 e. The normalized spacial score (nSPS) is 12.1. The first-order chi connectivity index (χ1) is 7.61. The van der Waals surface area contributed by atoms with E-state index in [2.05, 4.69) is 0 Å². The van der Waals surface area contributed by atoms with Gasteiger partial charge >= 0.3 is 5.97 Å². The third-order valence-electron chi connectivity index (χ3n) is 2.58. The number of hydrogen-bond acceptors (Lipinski definition) is 3. The van der Waals surface area contributed by atoms with E-state index in [-0.39, 0.29) is 5.75 Å². The SMILES string of the molecule is CCC(C(=O)O)N(CC)c1ccccc1O. The van der Waals surface area contributed by atoms with E-state index in [4.69, 9.17) is 5.11 Å². The van der Waals surface area contributed by atoms with E-state index in [0.29, 0.717) is 18.7 Å². The Morgan fingerprint density at radius 1 is 1.38 bits per heavy atom. The van der Waals surface area contributed by atoms with Crippen molar-refractivity contribution in [3.8, 4) is 5.75 Å². The summed E-state index contributed by atoms with van der Waals surface area (Å²) < 4.78 is 0. The Kier molecular flexibility index (Phi) is 4.17. The minimum Gasteiger partial charge on any atom is -0.506 e. The van der Waals surface area contributed by atoms with Crippen LogP contribution < -0.4 is 4.90 Å². The molecule has 0 aliphatic carbocycles. The summed E-state index contributed by atoms with van der Waals surface area (Å²) >= 11 is 0. The van der Waals surface area contributed by atoms with E-state index >= 15 is 0 Å². The summed E-state index contributed by atoms with van der Waals surface area (Å²) in [6.45, 7) is 4.24. The van der Waals surface area contributed by atoms with E-state index in [1.807, 2.05) is 13.8 Å². The highest BCUT2D eigenvalue weighted by atomic mass is 16.4. The van der Waals surface area contributed by atoms with Gasteiger partial charge in [0.25, 0.3) is 0 Å². The van der Waals surface area contributed by atoms with Gasteiger partial charge in [0.05, 0.1) is 5.69 Å². The third-order valence-corrected chi connectivity index (χ3v) is 2.58. The summed E-state index contributed by atoms with van der Waals surface area (Å²) in [7, 11) is 0. The molecule has 1 aromatic rings. The van der Waals surface area contributed by atoms with Crippen LogP contribution in [0.15, 0.2) is 24.3 Å². The summed E-state index contributed by atoms with van der Waals surface area (Å²) in [5.41, 5.74) is 0.569. The molecule has 0 aliphatic rings. The fraction of sp³-hybridized carbons (Fsp3) is 0.417. The number of likely N-dealkylation sites (N-methyl/N-ethyl adjacent to an activating group) is 1. The van der Waals surface area contributed by atoms with E-state index < -0.39 is 12.0 Å². The Morgan fingerprint density at radius 3 is 2.44 bits per heavy atom. The molecule has 0 aliphatic heterocycles. The van der Waals surface area contributed by atoms with Crippen molar-refractivity contribution in [1.29, 1.82) is 0 Å². The quantitative estimate of drug-likeness (QED) is 0.802. The monoisotopic (exact) mass is 223 g/mol. The molecule has 88 valence electrons. The van der Waals surface area contributed by atoms with Crippen molar-refractivity contribution < 1.29 is 15.0 Å². The number of rotatable bonds is 5. The highest BCUT2D eigenvalue weighted by molar-refractivity contribution is 5.79. The van der Waals surface area contributed by atoms with E-state index in [0.717, 1.165) is 0 Å². The molecule has 0 heterocycles. The summed E-state index contributed by atoms with van der Waals surface area (Å²) in [4.78, 5) is 12.8. The van der Waals surface area contributed by atoms with Crippen LogP contribution in [-0.2, 0) is 4.79 Å². The van der Waals surface area contributed by atoms with Crippen LogP contribution in [0.2, 0.25) is 0 Å². The van der Waals surface area contributed by atoms with Crippen LogP contribution in [-0.4, -0.2) is 28.8 Å². The lowest BCUT2D eigenvalue weighted by Crippen LogP contribution is -2.40. The Morgan fingerprint density at radius 2 is 2.00 bits per heavy atom. The molecule has 1 rings (SSSR count). The Balaban J connectivity index is 3.06. The van der Waals surface area contributed by atoms with Crippen LogP contribution in [0.5, 0.6) is 5.75 Å². The molecular formula is C12H17NO3. The Hall–Kier alpha value is -1.71. The highest BCUT2D eigenvalue weighted by Crippen LogP contribution is 2.28. The number of aromatic hydroxyl groups is 1. The van der Waals surface area contributed by atoms with Crippen molar-refractivity contribution in [3.63, 3.8) is 0 Å². The van der Waals surface area contributed by atoms with Crippen LogP contribution in [0.25, 0.3) is 0 Å². The van der Waals surface area contributed by atoms with Gasteiger partial charge in [0.15, 0.2) is 0 Å². The van der Waals surface area contributed by atoms with Crippen molar-refractivity contribution in [2.75, 3.05) is 11.4 Å². The number of carboxylic acid groups (broad SMARTS) is 1. The smallest absolute Gasteiger partial charge is 0.326 e. The zero-order valence-corrected chi connectivity index (χ0v) is 9.55. The maximum Gasteiger partial charge on any atom is 0.326 e. The second-order valence-electron chi connectivity index (χ2n) is 3.54. The third kappa shape index (κ3) is 2.45. The van der Waals surface area contributed by atoms with Crippen LogP contribution in [0.4, 0.5) is 5.69 Å². The van der Waals surface area contributed by atoms with Crippen LogP contribution >= 0.6 is 0 Å². The lowest BCUT2D eigenvalue weighted by Gasteiger charge is -2.29. The second kappa shape index (κ2) is 5.39. The van der Waals surface area contributed by atoms with Gasteiger partial charge in [-0.15, -0.1) is 0 Å². The van der Waals surface area contributed by atoms with Gasteiger partial charge in [-0.05, 0) is 25.5 Å². The van der Waals surface area contributed by atoms with E-state index in [1.54, 1.807) is 29.2 Å². The molecule has 0 spiro atoms. The topological polar surface area (TPSA) is 60.8 Å². The first-order valence-corrected chi connectivity index (χ1v) is 5.39. The summed E-state index contributed by atoms with van der Waals surface area (Å²) in [6, 6.07) is 6.19. The van der Waals surface area contributed by atoms with Gasteiger partial charge in [0.1, 0.15) is 11.8 Å². The van der Waals surface area contributed by atoms with Gasteiger partial charge in [-0.1, -0.05) is 19.1 Å². The van der Waals surface area contributed by atoms with Gasteiger partial charge in [-0.25, -0.2) is 4.79 Å². The molecule has 1 aromatic carbocycles. The standard InChI is InChI=1S/C12H17NO3/c1-3-9(12(15)16)13(4-2)10-7-5-6-8-11(10)14/h5-9,14H,3-4H2,1-2H3,(H,15,16). The molecule has 0 aromatic heterocycles. The lowest BCUT2D eigenvalue weighted by atomic mass is 10.1. The molecule has 1 atom stereocenters. The minimum absolute atomic E-state index is 0.115. The predicted octanol–water partition coefficient (Wildman–Crippen LogP) is 2.08. The summed E-state index contributed by atoms with van der Waals surface area (Å²) in [6.07, 6.45) is 0.498. The van der Waals surface area contributed by atoms with Crippen LogP contribution in [0, 0.1) is 0 Å². The number of carbonyl (C=O) groups is 1. The Labute approximate surface area is 95.1 Å². The maximum atomic E-state index is 11.1. The van der Waals surface area contributed by atoms with Gasteiger partial charge in [-0.2, -0.15) is 0 Å². The molecule has 0 saturated heterocycles. The van der Waals surface area contributed by atoms with Crippen molar-refractivity contribution in [3.05, 3.63) is 24.3 Å². The van der Waals surface area contributed by atoms with Crippen LogP contribution in [0.3, 0.4) is 0 Å². The van der Waals surface area contributed by atoms with E-state index in [1.165, 1.54) is 0 Å². The lowest BCUT2D eigenvalue weighted by molar-refractivity contribution is -0.138. The maximum absolute atomic E-state index is 11.1. The number of para-hydroxylation sites is 2. The van der Waals surface area contributed by atoms with Crippen molar-refractivity contribution in [2.24, 2.45) is 0 Å². The fourth-order valence-electron chi connectivity index (χ4n) is 1.79. The highest BCUT2D eigenvalue weighted by Gasteiger charge is 2.24. The second-order valence-corrected chi connectivity index (χ2v) is 3.54. The minimum atomic E-state index is -0.868. The van der Waals surface area contributed by atoms with Gasteiger partial charge < -0.3 is 15.1 Å². The molecule has 0 saturated carbocycles. The number of anilines is 1. The molecule has 4 heteroatoms. The number of phenols is 1. The van der Waals surface area contributed by atoms with Gasteiger partial charge in [0.2, 0.25) is 0 Å². The number of nitrogens with zero attached hydrogens (tertiary/aromatic N) is 1. The molecule has 2 N–H and O–H groups in total. The summed E-state index contributed by atoms with van der Waals surface area (Å²) in [5.74, 6) is -0.753.